The summed E-state index contributed by atoms with van der Waals surface area (Å²) in [6, 6.07) is 5.17. The summed E-state index contributed by atoms with van der Waals surface area (Å²) in [7, 11) is 0. The van der Waals surface area contributed by atoms with Crippen molar-refractivity contribution in [1.29, 1.82) is 0 Å². The monoisotopic (exact) mass is 232 g/mol. The molecule has 0 aliphatic rings. The van der Waals surface area contributed by atoms with Gasteiger partial charge in [0.25, 0.3) is 0 Å². The number of ketones is 1. The Morgan fingerprint density at radius 3 is 2.56 bits per heavy atom. The summed E-state index contributed by atoms with van der Waals surface area (Å²) in [5.41, 5.74) is 2.20. The van der Waals surface area contributed by atoms with Gasteiger partial charge in [-0.25, -0.2) is 9.97 Å². The van der Waals surface area contributed by atoms with Gasteiger partial charge in [0.15, 0.2) is 5.78 Å². The number of hydrogen-bond donors (Lipinski definition) is 0. The molecule has 0 saturated heterocycles. The van der Waals surface area contributed by atoms with Crippen molar-refractivity contribution in [2.24, 2.45) is 0 Å². The fraction of sp³-hybridized carbons (Fsp3) is 0.0833. The molecule has 4 heteroatoms. The van der Waals surface area contributed by atoms with Gasteiger partial charge in [0.05, 0.1) is 0 Å². The highest BCUT2D eigenvalue weighted by Gasteiger charge is 2.07. The first-order valence-electron chi connectivity index (χ1n) is 4.74. The van der Waals surface area contributed by atoms with Crippen LogP contribution >= 0.6 is 11.6 Å². The number of rotatable bonds is 2. The van der Waals surface area contributed by atoms with Crippen molar-refractivity contribution < 1.29 is 4.79 Å². The van der Waals surface area contributed by atoms with E-state index in [0.29, 0.717) is 10.6 Å². The number of halogens is 1. The molecule has 0 bridgehead atoms. The van der Waals surface area contributed by atoms with E-state index in [1.807, 2.05) is 0 Å². The third-order valence-electron chi connectivity index (χ3n) is 2.24. The summed E-state index contributed by atoms with van der Waals surface area (Å²) in [5, 5.41) is 0.583. The normalized spacial score (nSPS) is 10.1. The fourth-order valence-corrected chi connectivity index (χ4v) is 1.63. The summed E-state index contributed by atoms with van der Waals surface area (Å²) in [4.78, 5) is 19.1. The second kappa shape index (κ2) is 4.41. The van der Waals surface area contributed by atoms with Gasteiger partial charge in [0.2, 0.25) is 0 Å². The van der Waals surface area contributed by atoms with Gasteiger partial charge in [-0.3, -0.25) is 4.79 Å². The molecule has 0 aliphatic heterocycles. The first kappa shape index (κ1) is 10.8. The minimum Gasteiger partial charge on any atom is -0.295 e. The zero-order valence-corrected chi connectivity index (χ0v) is 9.40. The SMILES string of the molecule is CC(=O)c1ccc(Cl)c(-c2cncnc2)c1. The van der Waals surface area contributed by atoms with E-state index in [1.165, 1.54) is 13.3 Å². The minimum absolute atomic E-state index is 0.00904. The third kappa shape index (κ3) is 2.09. The second-order valence-corrected chi connectivity index (χ2v) is 3.79. The molecule has 80 valence electrons. The molecule has 1 heterocycles. The highest BCUT2D eigenvalue weighted by atomic mass is 35.5. The molecule has 0 saturated carbocycles. The van der Waals surface area contributed by atoms with Crippen LogP contribution in [0.15, 0.2) is 36.9 Å². The van der Waals surface area contributed by atoms with Gasteiger partial charge in [-0.15, -0.1) is 0 Å². The maximum absolute atomic E-state index is 11.3. The number of hydrogen-bond acceptors (Lipinski definition) is 3. The van der Waals surface area contributed by atoms with Gasteiger partial charge < -0.3 is 0 Å². The van der Waals surface area contributed by atoms with E-state index in [9.17, 15) is 4.79 Å². The third-order valence-corrected chi connectivity index (χ3v) is 2.57. The maximum Gasteiger partial charge on any atom is 0.159 e. The molecular weight excluding hydrogens is 224 g/mol. The largest absolute Gasteiger partial charge is 0.295 e. The summed E-state index contributed by atoms with van der Waals surface area (Å²) in [6.45, 7) is 1.52. The van der Waals surface area contributed by atoms with Crippen LogP contribution in [0.4, 0.5) is 0 Å². The van der Waals surface area contributed by atoms with Gasteiger partial charge >= 0.3 is 0 Å². The predicted molar refractivity (Wildman–Crippen MR) is 62.5 cm³/mol. The Balaban J connectivity index is 2.56. The van der Waals surface area contributed by atoms with E-state index >= 15 is 0 Å². The van der Waals surface area contributed by atoms with Crippen LogP contribution in [0.1, 0.15) is 17.3 Å². The average molecular weight is 233 g/mol. The molecule has 1 aromatic carbocycles. The number of nitrogens with zero attached hydrogens (tertiary/aromatic N) is 2. The molecule has 0 N–H and O–H groups in total. The lowest BCUT2D eigenvalue weighted by molar-refractivity contribution is 0.101. The Hall–Kier alpha value is -1.74. The molecule has 0 amide bonds. The standard InChI is InChI=1S/C12H9ClN2O/c1-8(16)9-2-3-12(13)11(4-9)10-5-14-7-15-6-10/h2-7H,1H3. The lowest BCUT2D eigenvalue weighted by Crippen LogP contribution is -1.93. The molecule has 0 spiro atoms. The smallest absolute Gasteiger partial charge is 0.159 e. The van der Waals surface area contributed by atoms with Crippen LogP contribution in [0.5, 0.6) is 0 Å². The summed E-state index contributed by atoms with van der Waals surface area (Å²) in [5.74, 6) is 0.00904. The lowest BCUT2D eigenvalue weighted by atomic mass is 10.0. The van der Waals surface area contributed by atoms with E-state index in [4.69, 9.17) is 11.6 Å². The number of benzene rings is 1. The van der Waals surface area contributed by atoms with Crippen LogP contribution in [0.3, 0.4) is 0 Å². The van der Waals surface area contributed by atoms with Crippen LogP contribution in [-0.2, 0) is 0 Å². The van der Waals surface area contributed by atoms with Crippen molar-refractivity contribution in [2.75, 3.05) is 0 Å². The summed E-state index contributed by atoms with van der Waals surface area (Å²) in [6.07, 6.45) is 4.78. The van der Waals surface area contributed by atoms with Gasteiger partial charge in [-0.1, -0.05) is 11.6 Å². The first-order chi connectivity index (χ1) is 7.68. The number of carbonyl (C=O) groups is 1. The average Bonchev–Trinajstić information content (AvgIpc) is 2.30. The zero-order valence-electron chi connectivity index (χ0n) is 8.64. The van der Waals surface area contributed by atoms with E-state index in [0.717, 1.165) is 11.1 Å². The van der Waals surface area contributed by atoms with Crippen molar-refractivity contribution >= 4 is 17.4 Å². The van der Waals surface area contributed by atoms with E-state index in [-0.39, 0.29) is 5.78 Å². The van der Waals surface area contributed by atoms with Crippen molar-refractivity contribution in [3.8, 4) is 11.1 Å². The van der Waals surface area contributed by atoms with Crippen LogP contribution in [0, 0.1) is 0 Å². The second-order valence-electron chi connectivity index (χ2n) is 3.38. The lowest BCUT2D eigenvalue weighted by Gasteiger charge is -2.05. The van der Waals surface area contributed by atoms with Crippen LogP contribution in [-0.4, -0.2) is 15.8 Å². The predicted octanol–water partition coefficient (Wildman–Crippen LogP) is 3.00. The molecule has 0 aliphatic carbocycles. The van der Waals surface area contributed by atoms with Gasteiger partial charge in [-0.2, -0.15) is 0 Å². The molecule has 0 atom stereocenters. The number of Topliss-reactive ketones (excluding diaryl/α,β-unsaturated/α-hetero) is 1. The molecule has 0 radical (unpaired) electrons. The quantitative estimate of drug-likeness (QED) is 0.748. The highest BCUT2D eigenvalue weighted by Crippen LogP contribution is 2.27. The topological polar surface area (TPSA) is 42.9 Å². The Kier molecular flexibility index (Phi) is 2.97. The molecule has 2 aromatic rings. The molecule has 16 heavy (non-hydrogen) atoms. The Labute approximate surface area is 98.1 Å². The summed E-state index contributed by atoms with van der Waals surface area (Å²) < 4.78 is 0. The fourth-order valence-electron chi connectivity index (χ4n) is 1.40. The first-order valence-corrected chi connectivity index (χ1v) is 5.12. The van der Waals surface area contributed by atoms with Crippen molar-refractivity contribution in [2.45, 2.75) is 6.92 Å². The van der Waals surface area contributed by atoms with Gasteiger partial charge in [0.1, 0.15) is 6.33 Å². The van der Waals surface area contributed by atoms with E-state index < -0.39 is 0 Å². The maximum atomic E-state index is 11.3. The van der Waals surface area contributed by atoms with E-state index in [2.05, 4.69) is 9.97 Å². The number of carbonyl (C=O) groups excluding carboxylic acids is 1. The van der Waals surface area contributed by atoms with E-state index in [1.54, 1.807) is 30.6 Å². The Morgan fingerprint density at radius 1 is 1.25 bits per heavy atom. The summed E-state index contributed by atoms with van der Waals surface area (Å²) >= 11 is 6.07. The molecule has 3 nitrogen and oxygen atoms in total. The van der Waals surface area contributed by atoms with Crippen LogP contribution in [0.2, 0.25) is 5.02 Å². The molecular formula is C12H9ClN2O. The highest BCUT2D eigenvalue weighted by molar-refractivity contribution is 6.33. The van der Waals surface area contributed by atoms with Crippen molar-refractivity contribution in [3.05, 3.63) is 47.5 Å². The van der Waals surface area contributed by atoms with Crippen molar-refractivity contribution in [3.63, 3.8) is 0 Å². The molecule has 0 fully saturated rings. The Morgan fingerprint density at radius 2 is 1.94 bits per heavy atom. The van der Waals surface area contributed by atoms with Gasteiger partial charge in [0, 0.05) is 34.1 Å². The van der Waals surface area contributed by atoms with Crippen molar-refractivity contribution in [1.82, 2.24) is 9.97 Å². The number of aromatic nitrogens is 2. The zero-order chi connectivity index (χ0) is 11.5. The van der Waals surface area contributed by atoms with Crippen LogP contribution < -0.4 is 0 Å². The molecule has 2 rings (SSSR count). The van der Waals surface area contributed by atoms with Gasteiger partial charge in [-0.05, 0) is 25.1 Å². The molecule has 0 unspecified atom stereocenters. The molecule has 1 aromatic heterocycles. The Bertz CT molecular complexity index is 526. The minimum atomic E-state index is 0.00904. The van der Waals surface area contributed by atoms with Crippen LogP contribution in [0.25, 0.3) is 11.1 Å².